The highest BCUT2D eigenvalue weighted by Gasteiger charge is 2.06. The van der Waals surface area contributed by atoms with E-state index >= 15 is 0 Å². The summed E-state index contributed by atoms with van der Waals surface area (Å²) in [5.74, 6) is 0.628. The van der Waals surface area contributed by atoms with E-state index in [0.717, 1.165) is 15.0 Å². The second-order valence-corrected chi connectivity index (χ2v) is 10.1. The van der Waals surface area contributed by atoms with Crippen LogP contribution in [-0.4, -0.2) is 0 Å². The molecule has 29 heavy (non-hydrogen) atoms. The maximum absolute atomic E-state index is 2.79. The molecular formula is C27H36P2. The third-order valence-electron chi connectivity index (χ3n) is 5.44. The average molecular weight is 423 g/mol. The normalized spacial score (nSPS) is 11.1. The number of hydrogen-bond acceptors (Lipinski definition) is 0. The lowest BCUT2D eigenvalue weighted by Gasteiger charge is -2.12. The first-order valence-electron chi connectivity index (χ1n) is 10.5. The zero-order chi connectivity index (χ0) is 21.6. The molecule has 3 aromatic rings. The third-order valence-corrected chi connectivity index (χ3v) is 7.51. The summed E-state index contributed by atoms with van der Waals surface area (Å²) in [4.78, 5) is 0. The summed E-state index contributed by atoms with van der Waals surface area (Å²) in [6.45, 7) is 15.5. The molecule has 0 radical (unpaired) electrons. The van der Waals surface area contributed by atoms with Crippen LogP contribution in [0.2, 0.25) is 0 Å². The third kappa shape index (κ3) is 6.50. The molecule has 2 heteroatoms. The highest BCUT2D eigenvalue weighted by Crippen LogP contribution is 2.19. The Hall–Kier alpha value is -1.48. The molecule has 0 aliphatic rings. The summed E-state index contributed by atoms with van der Waals surface area (Å²) < 4.78 is 0. The Kier molecular flexibility index (Phi) is 9.07. The number of benzene rings is 3. The average Bonchev–Trinajstić information content (AvgIpc) is 2.66. The SMILES string of the molecule is CCc1ccccc1Pc1cc(C)c(C)cc1C.Cc1cccc(P)c1C(C)C. The predicted octanol–water partition coefficient (Wildman–Crippen LogP) is 6.42. The van der Waals surface area contributed by atoms with Gasteiger partial charge in [0.25, 0.3) is 0 Å². The van der Waals surface area contributed by atoms with E-state index in [4.69, 9.17) is 0 Å². The molecule has 0 saturated carbocycles. The fourth-order valence-electron chi connectivity index (χ4n) is 3.68. The van der Waals surface area contributed by atoms with Crippen LogP contribution < -0.4 is 15.9 Å². The molecule has 2 unspecified atom stereocenters. The van der Waals surface area contributed by atoms with E-state index in [0.29, 0.717) is 5.92 Å². The van der Waals surface area contributed by atoms with Crippen LogP contribution in [0.15, 0.2) is 54.6 Å². The highest BCUT2D eigenvalue weighted by molar-refractivity contribution is 7.55. The molecule has 0 aliphatic heterocycles. The lowest BCUT2D eigenvalue weighted by molar-refractivity contribution is 0.864. The molecule has 3 aromatic carbocycles. The van der Waals surface area contributed by atoms with Crippen LogP contribution in [0.1, 0.15) is 60.1 Å². The number of hydrogen-bond donors (Lipinski definition) is 0. The quantitative estimate of drug-likeness (QED) is 0.426. The van der Waals surface area contributed by atoms with E-state index in [1.165, 1.54) is 49.3 Å². The summed E-state index contributed by atoms with van der Waals surface area (Å²) in [7, 11) is 3.56. The maximum Gasteiger partial charge on any atom is -0.0194 e. The molecule has 0 aromatic heterocycles. The van der Waals surface area contributed by atoms with E-state index in [2.05, 4.69) is 112 Å². The van der Waals surface area contributed by atoms with E-state index < -0.39 is 0 Å². The number of rotatable bonds is 4. The molecule has 0 spiro atoms. The van der Waals surface area contributed by atoms with Crippen molar-refractivity contribution in [3.05, 3.63) is 88.0 Å². The molecule has 0 N–H and O–H groups in total. The Bertz CT molecular complexity index is 934. The van der Waals surface area contributed by atoms with Crippen molar-refractivity contribution in [2.24, 2.45) is 0 Å². The summed E-state index contributed by atoms with van der Waals surface area (Å²) in [5.41, 5.74) is 8.56. The molecule has 0 fully saturated rings. The first-order chi connectivity index (χ1) is 13.7. The van der Waals surface area contributed by atoms with Gasteiger partial charge in [0.15, 0.2) is 0 Å². The van der Waals surface area contributed by atoms with Gasteiger partial charge in [0.2, 0.25) is 0 Å². The minimum absolute atomic E-state index is 0.628. The summed E-state index contributed by atoms with van der Waals surface area (Å²) in [5, 5.41) is 4.31. The Balaban J connectivity index is 0.000000234. The minimum Gasteiger partial charge on any atom is -0.105 e. The van der Waals surface area contributed by atoms with Gasteiger partial charge in [-0.2, -0.15) is 0 Å². The van der Waals surface area contributed by atoms with E-state index in [1.807, 2.05) is 0 Å². The first-order valence-corrected chi connectivity index (χ1v) is 12.1. The van der Waals surface area contributed by atoms with Gasteiger partial charge < -0.3 is 0 Å². The lowest BCUT2D eigenvalue weighted by Crippen LogP contribution is -2.11. The van der Waals surface area contributed by atoms with Gasteiger partial charge in [-0.1, -0.05) is 83.9 Å². The molecule has 0 heterocycles. The Morgan fingerprint density at radius 3 is 2.00 bits per heavy atom. The van der Waals surface area contributed by atoms with Gasteiger partial charge in [-0.3, -0.25) is 0 Å². The predicted molar refractivity (Wildman–Crippen MR) is 139 cm³/mol. The van der Waals surface area contributed by atoms with Crippen molar-refractivity contribution in [2.45, 2.75) is 60.8 Å². The van der Waals surface area contributed by atoms with Crippen molar-refractivity contribution >= 4 is 33.7 Å². The molecule has 0 aliphatic carbocycles. The van der Waals surface area contributed by atoms with Gasteiger partial charge in [-0.05, 0) is 89.3 Å². The Labute approximate surface area is 182 Å². The van der Waals surface area contributed by atoms with Gasteiger partial charge in [-0.15, -0.1) is 9.24 Å². The minimum atomic E-state index is 0.628. The zero-order valence-corrected chi connectivity index (χ0v) is 21.2. The van der Waals surface area contributed by atoms with Crippen molar-refractivity contribution in [1.82, 2.24) is 0 Å². The number of aryl methyl sites for hydroxylation is 5. The molecular weight excluding hydrogens is 386 g/mol. The summed E-state index contributed by atoms with van der Waals surface area (Å²) >= 11 is 0. The van der Waals surface area contributed by atoms with Gasteiger partial charge in [0.1, 0.15) is 0 Å². The van der Waals surface area contributed by atoms with Crippen LogP contribution in [0.25, 0.3) is 0 Å². The molecule has 3 rings (SSSR count). The topological polar surface area (TPSA) is 0 Å². The Morgan fingerprint density at radius 2 is 1.41 bits per heavy atom. The molecule has 154 valence electrons. The van der Waals surface area contributed by atoms with Crippen LogP contribution in [-0.2, 0) is 6.42 Å². The van der Waals surface area contributed by atoms with Crippen molar-refractivity contribution in [3.8, 4) is 0 Å². The standard InChI is InChI=1S/C17H21P.C10H15P/c1-5-15-8-6-7-9-16(15)18-17-11-13(3)12(2)10-14(17)4;1-7(2)10-8(3)5-4-6-9(10)11/h6-11,18H,5H2,1-4H3;4-7H,11H2,1-3H3. The maximum atomic E-state index is 2.79. The van der Waals surface area contributed by atoms with Crippen LogP contribution in [0.5, 0.6) is 0 Å². The van der Waals surface area contributed by atoms with Crippen LogP contribution >= 0.6 is 17.8 Å². The van der Waals surface area contributed by atoms with Gasteiger partial charge in [0, 0.05) is 0 Å². The van der Waals surface area contributed by atoms with Crippen LogP contribution in [0, 0.1) is 27.7 Å². The Morgan fingerprint density at radius 1 is 0.759 bits per heavy atom. The summed E-state index contributed by atoms with van der Waals surface area (Å²) in [6, 6.07) is 19.9. The fourth-order valence-corrected chi connectivity index (χ4v) is 5.80. The highest BCUT2D eigenvalue weighted by atomic mass is 31.1. The molecule has 0 saturated heterocycles. The lowest BCUT2D eigenvalue weighted by atomic mass is 9.98. The summed E-state index contributed by atoms with van der Waals surface area (Å²) in [6.07, 6.45) is 1.12. The van der Waals surface area contributed by atoms with Crippen LogP contribution in [0.3, 0.4) is 0 Å². The van der Waals surface area contributed by atoms with Crippen LogP contribution in [0.4, 0.5) is 0 Å². The largest absolute Gasteiger partial charge is 0.105 e. The van der Waals surface area contributed by atoms with Crippen molar-refractivity contribution in [1.29, 1.82) is 0 Å². The van der Waals surface area contributed by atoms with Crippen molar-refractivity contribution in [3.63, 3.8) is 0 Å². The van der Waals surface area contributed by atoms with E-state index in [-0.39, 0.29) is 0 Å². The fraction of sp³-hybridized carbons (Fsp3) is 0.333. The smallest absolute Gasteiger partial charge is 0.0194 e. The van der Waals surface area contributed by atoms with E-state index in [1.54, 1.807) is 0 Å². The molecule has 2 atom stereocenters. The second kappa shape index (κ2) is 11.1. The van der Waals surface area contributed by atoms with Gasteiger partial charge in [0.05, 0.1) is 0 Å². The molecule has 0 nitrogen and oxygen atoms in total. The monoisotopic (exact) mass is 422 g/mol. The molecule has 0 amide bonds. The van der Waals surface area contributed by atoms with Crippen molar-refractivity contribution < 1.29 is 0 Å². The van der Waals surface area contributed by atoms with Crippen molar-refractivity contribution in [2.75, 3.05) is 0 Å². The van der Waals surface area contributed by atoms with Gasteiger partial charge >= 0.3 is 0 Å². The molecule has 0 bridgehead atoms. The first kappa shape index (κ1) is 23.8. The van der Waals surface area contributed by atoms with Gasteiger partial charge in [-0.25, -0.2) is 0 Å². The second-order valence-electron chi connectivity index (χ2n) is 8.12. The van der Waals surface area contributed by atoms with E-state index in [9.17, 15) is 0 Å². The zero-order valence-electron chi connectivity index (χ0n) is 19.1.